The number of aliphatic imine (C=N–C) groups is 1. The van der Waals surface area contributed by atoms with Gasteiger partial charge in [-0.15, -0.1) is 24.0 Å². The van der Waals surface area contributed by atoms with Crippen LogP contribution in [0.1, 0.15) is 32.3 Å². The fraction of sp³-hybridized carbons (Fsp3) is 0.556. The standard InChI is InChI=1S/C18H29ClN6.HI/c1-6-20-18(24(5)13-16-9-15(19)12-23(16)4)22-10-17-21-7-8-25(17)11-14(2)3;/h7-9,12,14H,6,10-11,13H2,1-5H3,(H,20,22);1H. The average Bonchev–Trinajstić information content (AvgIpc) is 3.09. The van der Waals surface area contributed by atoms with Crippen LogP contribution < -0.4 is 5.32 Å². The van der Waals surface area contributed by atoms with E-state index in [-0.39, 0.29) is 24.0 Å². The van der Waals surface area contributed by atoms with Crippen molar-refractivity contribution in [1.82, 2.24) is 24.3 Å². The largest absolute Gasteiger partial charge is 0.357 e. The van der Waals surface area contributed by atoms with Gasteiger partial charge in [-0.2, -0.15) is 0 Å². The van der Waals surface area contributed by atoms with Crippen molar-refractivity contribution in [2.45, 2.75) is 40.4 Å². The maximum Gasteiger partial charge on any atom is 0.194 e. The van der Waals surface area contributed by atoms with Crippen LogP contribution in [0.15, 0.2) is 29.6 Å². The monoisotopic (exact) mass is 492 g/mol. The number of rotatable bonds is 7. The summed E-state index contributed by atoms with van der Waals surface area (Å²) in [5, 5.41) is 4.10. The van der Waals surface area contributed by atoms with Crippen molar-refractivity contribution in [2.24, 2.45) is 18.0 Å². The van der Waals surface area contributed by atoms with E-state index in [2.05, 4.69) is 40.5 Å². The number of imidazole rings is 1. The summed E-state index contributed by atoms with van der Waals surface area (Å²) in [5.74, 6) is 2.42. The second-order valence-corrected chi connectivity index (χ2v) is 7.11. The molecule has 8 heteroatoms. The molecule has 0 saturated heterocycles. The van der Waals surface area contributed by atoms with Crippen LogP contribution in [0.25, 0.3) is 0 Å². The minimum absolute atomic E-state index is 0. The van der Waals surface area contributed by atoms with E-state index in [0.29, 0.717) is 12.5 Å². The summed E-state index contributed by atoms with van der Waals surface area (Å²) in [5.41, 5.74) is 1.14. The molecule has 2 aromatic heterocycles. The van der Waals surface area contributed by atoms with Gasteiger partial charge in [-0.05, 0) is 18.9 Å². The molecule has 0 aliphatic heterocycles. The molecule has 2 rings (SSSR count). The highest BCUT2D eigenvalue weighted by molar-refractivity contribution is 14.0. The van der Waals surface area contributed by atoms with Crippen molar-refractivity contribution in [3.8, 4) is 0 Å². The maximum absolute atomic E-state index is 6.08. The molecule has 0 fully saturated rings. The fourth-order valence-corrected chi connectivity index (χ4v) is 2.98. The molecular weight excluding hydrogens is 463 g/mol. The van der Waals surface area contributed by atoms with Gasteiger partial charge in [0.2, 0.25) is 0 Å². The van der Waals surface area contributed by atoms with Crippen molar-refractivity contribution in [3.63, 3.8) is 0 Å². The van der Waals surface area contributed by atoms with E-state index < -0.39 is 0 Å². The van der Waals surface area contributed by atoms with Crippen molar-refractivity contribution >= 4 is 41.5 Å². The van der Waals surface area contributed by atoms with Crippen molar-refractivity contribution < 1.29 is 0 Å². The van der Waals surface area contributed by atoms with Gasteiger partial charge in [0, 0.05) is 51.5 Å². The predicted octanol–water partition coefficient (Wildman–Crippen LogP) is 3.75. The minimum atomic E-state index is 0. The Kier molecular flexibility index (Phi) is 9.49. The lowest BCUT2D eigenvalue weighted by molar-refractivity contribution is 0.460. The molecule has 26 heavy (non-hydrogen) atoms. The molecule has 0 amide bonds. The summed E-state index contributed by atoms with van der Waals surface area (Å²) in [6.07, 6.45) is 5.78. The molecule has 0 aromatic carbocycles. The molecule has 2 aromatic rings. The smallest absolute Gasteiger partial charge is 0.194 e. The molecule has 2 heterocycles. The summed E-state index contributed by atoms with van der Waals surface area (Å²) < 4.78 is 4.21. The molecule has 0 spiro atoms. The van der Waals surface area contributed by atoms with Crippen LogP contribution in [-0.2, 0) is 26.7 Å². The summed E-state index contributed by atoms with van der Waals surface area (Å²) >= 11 is 6.08. The number of aromatic nitrogens is 3. The third-order valence-corrected chi connectivity index (χ3v) is 4.11. The van der Waals surface area contributed by atoms with Crippen LogP contribution >= 0.6 is 35.6 Å². The van der Waals surface area contributed by atoms with Crippen molar-refractivity contribution in [2.75, 3.05) is 13.6 Å². The third-order valence-electron chi connectivity index (χ3n) is 3.90. The Hall–Kier alpha value is -1.22. The van der Waals surface area contributed by atoms with E-state index in [4.69, 9.17) is 16.6 Å². The lowest BCUT2D eigenvalue weighted by Crippen LogP contribution is -2.38. The number of nitrogens with zero attached hydrogens (tertiary/aromatic N) is 5. The number of hydrogen-bond acceptors (Lipinski definition) is 2. The van der Waals surface area contributed by atoms with Crippen molar-refractivity contribution in [3.05, 3.63) is 41.2 Å². The molecule has 146 valence electrons. The van der Waals surface area contributed by atoms with Crippen LogP contribution in [0, 0.1) is 5.92 Å². The van der Waals surface area contributed by atoms with Gasteiger partial charge in [-0.1, -0.05) is 25.4 Å². The zero-order valence-electron chi connectivity index (χ0n) is 16.2. The van der Waals surface area contributed by atoms with Gasteiger partial charge in [-0.25, -0.2) is 9.98 Å². The molecule has 0 saturated carbocycles. The molecule has 0 radical (unpaired) electrons. The predicted molar refractivity (Wildman–Crippen MR) is 119 cm³/mol. The summed E-state index contributed by atoms with van der Waals surface area (Å²) in [7, 11) is 4.03. The van der Waals surface area contributed by atoms with Crippen LogP contribution in [0.4, 0.5) is 0 Å². The highest BCUT2D eigenvalue weighted by Crippen LogP contribution is 2.14. The first-order valence-electron chi connectivity index (χ1n) is 8.70. The Labute approximate surface area is 178 Å². The van der Waals surface area contributed by atoms with Crippen LogP contribution in [-0.4, -0.2) is 38.6 Å². The highest BCUT2D eigenvalue weighted by Gasteiger charge is 2.11. The molecule has 0 aliphatic rings. The zero-order valence-corrected chi connectivity index (χ0v) is 19.3. The van der Waals surface area contributed by atoms with E-state index in [1.807, 2.05) is 43.3 Å². The van der Waals surface area contributed by atoms with Crippen LogP contribution in [0.2, 0.25) is 5.02 Å². The van der Waals surface area contributed by atoms with Gasteiger partial charge in [0.05, 0.1) is 11.6 Å². The van der Waals surface area contributed by atoms with Gasteiger partial charge in [0.25, 0.3) is 0 Å². The van der Waals surface area contributed by atoms with E-state index in [9.17, 15) is 0 Å². The van der Waals surface area contributed by atoms with E-state index in [1.165, 1.54) is 0 Å². The number of aryl methyl sites for hydroxylation is 1. The van der Waals surface area contributed by atoms with Gasteiger partial charge in [0.1, 0.15) is 12.4 Å². The first kappa shape index (κ1) is 22.8. The molecule has 0 unspecified atom stereocenters. The Morgan fingerprint density at radius 1 is 1.42 bits per heavy atom. The third kappa shape index (κ3) is 6.50. The fourth-order valence-electron chi connectivity index (χ4n) is 2.71. The molecule has 0 bridgehead atoms. The van der Waals surface area contributed by atoms with Gasteiger partial charge in [0.15, 0.2) is 5.96 Å². The van der Waals surface area contributed by atoms with E-state index in [1.54, 1.807) is 0 Å². The lowest BCUT2D eigenvalue weighted by Gasteiger charge is -2.22. The topological polar surface area (TPSA) is 50.4 Å². The summed E-state index contributed by atoms with van der Waals surface area (Å²) in [6, 6.07) is 1.98. The van der Waals surface area contributed by atoms with Gasteiger partial charge < -0.3 is 19.4 Å². The number of hydrogen-bond donors (Lipinski definition) is 1. The molecular formula is C18H30ClIN6. The highest BCUT2D eigenvalue weighted by atomic mass is 127. The molecule has 0 aliphatic carbocycles. The second-order valence-electron chi connectivity index (χ2n) is 6.68. The Bertz CT molecular complexity index is 706. The van der Waals surface area contributed by atoms with Crippen LogP contribution in [0.5, 0.6) is 0 Å². The first-order valence-corrected chi connectivity index (χ1v) is 9.08. The van der Waals surface area contributed by atoms with E-state index in [0.717, 1.165) is 42.1 Å². The first-order chi connectivity index (χ1) is 11.9. The van der Waals surface area contributed by atoms with Crippen molar-refractivity contribution in [1.29, 1.82) is 0 Å². The summed E-state index contributed by atoms with van der Waals surface area (Å²) in [6.45, 7) is 9.54. The number of guanidine groups is 1. The Morgan fingerprint density at radius 2 is 2.15 bits per heavy atom. The zero-order chi connectivity index (χ0) is 18.4. The number of nitrogens with one attached hydrogen (secondary N) is 1. The quantitative estimate of drug-likeness (QED) is 0.364. The lowest BCUT2D eigenvalue weighted by atomic mass is 10.2. The Balaban J connectivity index is 0.00000338. The van der Waals surface area contributed by atoms with Crippen LogP contribution in [0.3, 0.4) is 0 Å². The normalized spacial score (nSPS) is 11.6. The second kappa shape index (κ2) is 10.8. The van der Waals surface area contributed by atoms with E-state index >= 15 is 0 Å². The Morgan fingerprint density at radius 3 is 2.73 bits per heavy atom. The summed E-state index contributed by atoms with van der Waals surface area (Å²) in [4.78, 5) is 11.3. The molecule has 0 atom stereocenters. The maximum atomic E-state index is 6.08. The van der Waals surface area contributed by atoms with Gasteiger partial charge >= 0.3 is 0 Å². The SMILES string of the molecule is CCNC(=NCc1nccn1CC(C)C)N(C)Cc1cc(Cl)cn1C.I. The molecule has 1 N–H and O–H groups in total. The van der Waals surface area contributed by atoms with Gasteiger partial charge in [-0.3, -0.25) is 0 Å². The molecule has 6 nitrogen and oxygen atoms in total. The average molecular weight is 493 g/mol. The minimum Gasteiger partial charge on any atom is -0.357 e. The number of halogens is 2.